The van der Waals surface area contributed by atoms with Gasteiger partial charge in [0.15, 0.2) is 0 Å². The second kappa shape index (κ2) is 16.7. The average molecular weight is 543 g/mol. The molecular formula is C29H38N2O8. The van der Waals surface area contributed by atoms with Gasteiger partial charge in [-0.05, 0) is 36.8 Å². The number of benzene rings is 2. The summed E-state index contributed by atoms with van der Waals surface area (Å²) in [6.45, 7) is 7.18. The largest absolute Gasteiger partial charge is 0.382 e. The molecule has 0 N–H and O–H groups in total. The Morgan fingerprint density at radius 2 is 1.23 bits per heavy atom. The van der Waals surface area contributed by atoms with Gasteiger partial charge in [-0.1, -0.05) is 24.3 Å². The number of methoxy groups -OCH3 is 1. The quantitative estimate of drug-likeness (QED) is 0.197. The minimum Gasteiger partial charge on any atom is -0.382 e. The Kier molecular flexibility index (Phi) is 13.0. The summed E-state index contributed by atoms with van der Waals surface area (Å²) in [7, 11) is 1.63. The molecular weight excluding hydrogens is 504 g/mol. The van der Waals surface area contributed by atoms with Gasteiger partial charge in [-0.25, -0.2) is 0 Å². The van der Waals surface area contributed by atoms with E-state index in [0.717, 1.165) is 5.56 Å². The van der Waals surface area contributed by atoms with Crippen molar-refractivity contribution in [2.75, 3.05) is 79.7 Å². The molecule has 0 unspecified atom stereocenters. The molecule has 1 aliphatic rings. The van der Waals surface area contributed by atoms with Gasteiger partial charge in [-0.2, -0.15) is 0 Å². The van der Waals surface area contributed by atoms with Crippen LogP contribution >= 0.6 is 0 Å². The van der Waals surface area contributed by atoms with E-state index in [9.17, 15) is 14.4 Å². The minimum absolute atomic E-state index is 0.143. The van der Waals surface area contributed by atoms with Gasteiger partial charge in [0.1, 0.15) is 0 Å². The van der Waals surface area contributed by atoms with Crippen LogP contribution in [0.3, 0.4) is 0 Å². The maximum atomic E-state index is 13.2. The number of hydrogen-bond acceptors (Lipinski definition) is 8. The smallest absolute Gasteiger partial charge is 0.261 e. The number of hydrogen-bond donors (Lipinski definition) is 0. The third kappa shape index (κ3) is 9.22. The zero-order chi connectivity index (χ0) is 27.9. The van der Waals surface area contributed by atoms with E-state index in [4.69, 9.17) is 23.7 Å². The molecule has 10 nitrogen and oxygen atoms in total. The first-order chi connectivity index (χ1) is 19.1. The molecule has 0 fully saturated rings. The predicted octanol–water partition coefficient (Wildman–Crippen LogP) is 2.66. The van der Waals surface area contributed by atoms with Crippen LogP contribution in [-0.2, 0) is 30.2 Å². The Morgan fingerprint density at radius 1 is 0.718 bits per heavy atom. The third-order valence-electron chi connectivity index (χ3n) is 6.10. The monoisotopic (exact) mass is 542 g/mol. The van der Waals surface area contributed by atoms with E-state index in [-0.39, 0.29) is 24.3 Å². The van der Waals surface area contributed by atoms with E-state index in [0.29, 0.717) is 89.2 Å². The van der Waals surface area contributed by atoms with Crippen LogP contribution in [0.1, 0.15) is 43.6 Å². The van der Waals surface area contributed by atoms with Crippen LogP contribution in [0, 0.1) is 0 Å². The highest BCUT2D eigenvalue weighted by Gasteiger charge is 2.34. The van der Waals surface area contributed by atoms with Gasteiger partial charge in [0.05, 0.1) is 70.5 Å². The molecule has 0 aliphatic carbocycles. The van der Waals surface area contributed by atoms with Crippen LogP contribution in [-0.4, -0.2) is 107 Å². The normalized spacial score (nSPS) is 12.7. The van der Waals surface area contributed by atoms with Crippen LogP contribution in [0.4, 0.5) is 0 Å². The van der Waals surface area contributed by atoms with Gasteiger partial charge >= 0.3 is 0 Å². The van der Waals surface area contributed by atoms with Gasteiger partial charge in [0.2, 0.25) is 0 Å². The maximum Gasteiger partial charge on any atom is 0.261 e. The Morgan fingerprint density at radius 3 is 1.77 bits per heavy atom. The summed E-state index contributed by atoms with van der Waals surface area (Å²) in [5.41, 5.74) is 2.10. The number of imide groups is 1. The lowest BCUT2D eigenvalue weighted by atomic mass is 10.1. The zero-order valence-electron chi connectivity index (χ0n) is 22.8. The molecule has 0 spiro atoms. The molecule has 3 rings (SSSR count). The van der Waals surface area contributed by atoms with Crippen LogP contribution < -0.4 is 0 Å². The lowest BCUT2D eigenvalue weighted by Gasteiger charge is -2.23. The van der Waals surface area contributed by atoms with E-state index >= 15 is 0 Å². The van der Waals surface area contributed by atoms with E-state index in [1.54, 1.807) is 60.5 Å². The van der Waals surface area contributed by atoms with Gasteiger partial charge in [-0.3, -0.25) is 19.3 Å². The second-order valence-electron chi connectivity index (χ2n) is 8.76. The number of amides is 3. The summed E-state index contributed by atoms with van der Waals surface area (Å²) >= 11 is 0. The minimum atomic E-state index is -0.307. The van der Waals surface area contributed by atoms with Gasteiger partial charge in [0, 0.05) is 32.4 Å². The lowest BCUT2D eigenvalue weighted by molar-refractivity contribution is 0.000469. The molecule has 0 radical (unpaired) electrons. The van der Waals surface area contributed by atoms with Crippen molar-refractivity contribution in [1.82, 2.24) is 9.80 Å². The fourth-order valence-corrected chi connectivity index (χ4v) is 3.99. The van der Waals surface area contributed by atoms with Gasteiger partial charge in [-0.15, -0.1) is 0 Å². The van der Waals surface area contributed by atoms with Crippen molar-refractivity contribution in [3.8, 4) is 0 Å². The highest BCUT2D eigenvalue weighted by atomic mass is 16.6. The van der Waals surface area contributed by atoms with Crippen LogP contribution in [0.2, 0.25) is 0 Å². The van der Waals surface area contributed by atoms with Crippen molar-refractivity contribution in [2.24, 2.45) is 0 Å². The molecule has 2 aromatic carbocycles. The van der Waals surface area contributed by atoms with Gasteiger partial charge < -0.3 is 28.6 Å². The molecule has 0 saturated heterocycles. The Hall–Kier alpha value is -3.15. The summed E-state index contributed by atoms with van der Waals surface area (Å²) < 4.78 is 26.8. The topological polar surface area (TPSA) is 104 Å². The molecule has 1 heterocycles. The van der Waals surface area contributed by atoms with Crippen LogP contribution in [0.25, 0.3) is 0 Å². The summed E-state index contributed by atoms with van der Waals surface area (Å²) in [4.78, 5) is 41.4. The molecule has 0 saturated carbocycles. The molecule has 0 aromatic heterocycles. The Labute approximate surface area is 229 Å². The van der Waals surface area contributed by atoms with Gasteiger partial charge in [0.25, 0.3) is 17.7 Å². The molecule has 1 aliphatic heterocycles. The zero-order valence-corrected chi connectivity index (χ0v) is 22.8. The highest BCUT2D eigenvalue weighted by molar-refractivity contribution is 6.21. The number of carbonyl (C=O) groups excluding carboxylic acids is 3. The van der Waals surface area contributed by atoms with Crippen molar-refractivity contribution >= 4 is 17.7 Å². The number of nitrogens with zero attached hydrogens (tertiary/aromatic N) is 2. The number of carbonyl (C=O) groups is 3. The van der Waals surface area contributed by atoms with Crippen molar-refractivity contribution in [3.63, 3.8) is 0 Å². The summed E-state index contributed by atoms with van der Waals surface area (Å²) in [5, 5.41) is 0. The number of ether oxygens (including phenoxy) is 5. The van der Waals surface area contributed by atoms with Crippen LogP contribution in [0.5, 0.6) is 0 Å². The molecule has 0 atom stereocenters. The van der Waals surface area contributed by atoms with E-state index < -0.39 is 0 Å². The first-order valence-electron chi connectivity index (χ1n) is 13.2. The van der Waals surface area contributed by atoms with E-state index in [1.165, 1.54) is 4.90 Å². The second-order valence-corrected chi connectivity index (χ2v) is 8.76. The SMILES string of the molecule is CCOCCN(CCOCCOCCOCCOC)C(=O)c1ccc(CN2C(=O)c3ccccc3C2=O)cc1. The van der Waals surface area contributed by atoms with Crippen molar-refractivity contribution in [3.05, 3.63) is 70.8 Å². The number of fused-ring (bicyclic) bond motifs is 1. The fourth-order valence-electron chi connectivity index (χ4n) is 3.99. The summed E-state index contributed by atoms with van der Waals surface area (Å²) in [5.74, 6) is -0.757. The van der Waals surface area contributed by atoms with E-state index in [2.05, 4.69) is 0 Å². The lowest BCUT2D eigenvalue weighted by Crippen LogP contribution is -2.37. The Bertz CT molecular complexity index is 1020. The molecule has 0 bridgehead atoms. The average Bonchev–Trinajstić information content (AvgIpc) is 3.20. The predicted molar refractivity (Wildman–Crippen MR) is 144 cm³/mol. The summed E-state index contributed by atoms with van der Waals surface area (Å²) in [6.07, 6.45) is 0. The van der Waals surface area contributed by atoms with Crippen molar-refractivity contribution < 1.29 is 38.1 Å². The first-order valence-corrected chi connectivity index (χ1v) is 13.2. The summed E-state index contributed by atoms with van der Waals surface area (Å²) in [6, 6.07) is 13.8. The molecule has 10 heteroatoms. The molecule has 3 amide bonds. The molecule has 39 heavy (non-hydrogen) atoms. The molecule has 2 aromatic rings. The molecule has 212 valence electrons. The van der Waals surface area contributed by atoms with Crippen LogP contribution in [0.15, 0.2) is 48.5 Å². The highest BCUT2D eigenvalue weighted by Crippen LogP contribution is 2.24. The standard InChI is InChI=1S/C29H38N2O8/c1-3-36-14-12-30(13-15-37-18-19-39-21-20-38-17-16-35-2)27(32)24-10-8-23(9-11-24)22-31-28(33)25-6-4-5-7-26(25)29(31)34/h4-11H,3,12-22H2,1-2H3. The first kappa shape index (κ1) is 30.4. The Balaban J connectivity index is 1.46. The maximum absolute atomic E-state index is 13.2. The van der Waals surface area contributed by atoms with E-state index in [1.807, 2.05) is 6.92 Å². The fraction of sp³-hybridized carbons (Fsp3) is 0.483. The van der Waals surface area contributed by atoms with Crippen molar-refractivity contribution in [2.45, 2.75) is 13.5 Å². The number of rotatable bonds is 19. The van der Waals surface area contributed by atoms with Crippen molar-refractivity contribution in [1.29, 1.82) is 0 Å². The third-order valence-corrected chi connectivity index (χ3v) is 6.10.